The molecule has 1 aromatic heterocycles. The third-order valence-electron chi connectivity index (χ3n) is 6.14. The average molecular weight is 470 g/mol. The second-order valence-corrected chi connectivity index (χ2v) is 8.68. The third kappa shape index (κ3) is 5.63. The van der Waals surface area contributed by atoms with Crippen molar-refractivity contribution in [2.45, 2.75) is 25.5 Å². The summed E-state index contributed by atoms with van der Waals surface area (Å²) in [6.45, 7) is 0.318. The zero-order valence-electron chi connectivity index (χ0n) is 18.9. The summed E-state index contributed by atoms with van der Waals surface area (Å²) in [4.78, 5) is 28.7. The van der Waals surface area contributed by atoms with Crippen LogP contribution in [0.2, 0.25) is 0 Å². The first-order valence-corrected chi connectivity index (χ1v) is 11.4. The molecule has 1 unspecified atom stereocenters. The predicted molar refractivity (Wildman–Crippen MR) is 131 cm³/mol. The number of hydrogen-bond donors (Lipinski definition) is 2. The number of anilines is 1. The van der Waals surface area contributed by atoms with Crippen LogP contribution in [-0.2, 0) is 22.7 Å². The number of fused-ring (bicyclic) bond motifs is 1. The zero-order valence-corrected chi connectivity index (χ0v) is 18.9. The SMILES string of the molecule is O=C(NCc1cccc(F)c1)OCc1ccc(C2C[C@H]2C(=O)Nc2ccc3cnccc3c2)cc1. The van der Waals surface area contributed by atoms with Crippen molar-refractivity contribution in [2.75, 3.05) is 5.32 Å². The second kappa shape index (κ2) is 9.93. The van der Waals surface area contributed by atoms with Crippen molar-refractivity contribution < 1.29 is 18.7 Å². The van der Waals surface area contributed by atoms with Crippen molar-refractivity contribution in [3.8, 4) is 0 Å². The normalized spacial score (nSPS) is 16.5. The van der Waals surface area contributed by atoms with E-state index >= 15 is 0 Å². The molecule has 0 bridgehead atoms. The van der Waals surface area contributed by atoms with Crippen LogP contribution in [0.1, 0.15) is 29.0 Å². The molecule has 1 aliphatic rings. The van der Waals surface area contributed by atoms with Gasteiger partial charge in [-0.25, -0.2) is 9.18 Å². The Morgan fingerprint density at radius 2 is 1.83 bits per heavy atom. The lowest BCUT2D eigenvalue weighted by Crippen LogP contribution is -2.23. The Kier molecular flexibility index (Phi) is 6.39. The van der Waals surface area contributed by atoms with E-state index in [4.69, 9.17) is 4.74 Å². The molecule has 1 heterocycles. The number of hydrogen-bond acceptors (Lipinski definition) is 4. The first kappa shape index (κ1) is 22.5. The van der Waals surface area contributed by atoms with E-state index < -0.39 is 6.09 Å². The lowest BCUT2D eigenvalue weighted by molar-refractivity contribution is -0.117. The number of nitrogens with one attached hydrogen (secondary N) is 2. The van der Waals surface area contributed by atoms with Gasteiger partial charge in [0.1, 0.15) is 12.4 Å². The quantitative estimate of drug-likeness (QED) is 0.372. The number of aromatic nitrogens is 1. The molecule has 4 aromatic rings. The zero-order chi connectivity index (χ0) is 24.2. The van der Waals surface area contributed by atoms with E-state index in [1.165, 1.54) is 12.1 Å². The van der Waals surface area contributed by atoms with Gasteiger partial charge in [-0.2, -0.15) is 0 Å². The second-order valence-electron chi connectivity index (χ2n) is 8.68. The van der Waals surface area contributed by atoms with Crippen molar-refractivity contribution in [3.05, 3.63) is 108 Å². The van der Waals surface area contributed by atoms with Crippen LogP contribution >= 0.6 is 0 Å². The maximum atomic E-state index is 13.2. The summed E-state index contributed by atoms with van der Waals surface area (Å²) >= 11 is 0. The molecule has 5 rings (SSSR count). The van der Waals surface area contributed by atoms with Crippen LogP contribution in [0.4, 0.5) is 14.9 Å². The van der Waals surface area contributed by atoms with Crippen molar-refractivity contribution in [3.63, 3.8) is 0 Å². The fraction of sp³-hybridized carbons (Fsp3) is 0.179. The van der Waals surface area contributed by atoms with Crippen LogP contribution in [0.15, 0.2) is 85.2 Å². The van der Waals surface area contributed by atoms with Crippen molar-refractivity contribution in [2.24, 2.45) is 5.92 Å². The van der Waals surface area contributed by atoms with Crippen LogP contribution in [0.3, 0.4) is 0 Å². The number of rotatable bonds is 7. The van der Waals surface area contributed by atoms with Gasteiger partial charge in [-0.15, -0.1) is 0 Å². The Morgan fingerprint density at radius 1 is 0.971 bits per heavy atom. The Bertz CT molecular complexity index is 1370. The number of halogens is 1. The average Bonchev–Trinajstić information content (AvgIpc) is 3.68. The Hall–Kier alpha value is -4.26. The number of amides is 2. The molecule has 6 nitrogen and oxygen atoms in total. The molecule has 0 saturated heterocycles. The summed E-state index contributed by atoms with van der Waals surface area (Å²) < 4.78 is 18.4. The Labute approximate surface area is 202 Å². The molecule has 2 amide bonds. The maximum absolute atomic E-state index is 13.2. The third-order valence-corrected chi connectivity index (χ3v) is 6.14. The van der Waals surface area contributed by atoms with E-state index in [-0.39, 0.29) is 36.7 Å². The molecular formula is C28H24FN3O3. The van der Waals surface area contributed by atoms with E-state index in [0.29, 0.717) is 5.56 Å². The molecule has 35 heavy (non-hydrogen) atoms. The van der Waals surface area contributed by atoms with Crippen molar-refractivity contribution in [1.82, 2.24) is 10.3 Å². The van der Waals surface area contributed by atoms with E-state index in [2.05, 4.69) is 15.6 Å². The van der Waals surface area contributed by atoms with Crippen LogP contribution in [0, 0.1) is 11.7 Å². The summed E-state index contributed by atoms with van der Waals surface area (Å²) in [5, 5.41) is 7.69. The minimum absolute atomic E-state index is 0.0192. The summed E-state index contributed by atoms with van der Waals surface area (Å²) in [5.41, 5.74) is 3.38. The molecule has 1 saturated carbocycles. The molecule has 176 valence electrons. The number of benzene rings is 3. The van der Waals surface area contributed by atoms with Crippen molar-refractivity contribution >= 4 is 28.5 Å². The van der Waals surface area contributed by atoms with E-state index in [1.807, 2.05) is 48.5 Å². The van der Waals surface area contributed by atoms with E-state index in [9.17, 15) is 14.0 Å². The van der Waals surface area contributed by atoms with Crippen LogP contribution < -0.4 is 10.6 Å². The Morgan fingerprint density at radius 3 is 2.66 bits per heavy atom. The summed E-state index contributed by atoms with van der Waals surface area (Å²) in [6.07, 6.45) is 3.77. The summed E-state index contributed by atoms with van der Waals surface area (Å²) in [7, 11) is 0. The summed E-state index contributed by atoms with van der Waals surface area (Å²) in [6, 6.07) is 21.5. The highest BCUT2D eigenvalue weighted by atomic mass is 19.1. The number of carbonyl (C=O) groups is 2. The fourth-order valence-electron chi connectivity index (χ4n) is 4.13. The van der Waals surface area contributed by atoms with Gasteiger partial charge in [0.2, 0.25) is 5.91 Å². The van der Waals surface area contributed by atoms with Crippen LogP contribution in [0.25, 0.3) is 10.8 Å². The number of ether oxygens (including phenoxy) is 1. The highest BCUT2D eigenvalue weighted by molar-refractivity contribution is 5.97. The molecule has 3 aromatic carbocycles. The molecule has 2 N–H and O–H groups in total. The lowest BCUT2D eigenvalue weighted by Gasteiger charge is -2.09. The van der Waals surface area contributed by atoms with E-state index in [0.717, 1.165) is 34.0 Å². The fourth-order valence-corrected chi connectivity index (χ4v) is 4.13. The Balaban J connectivity index is 1.09. The van der Waals surface area contributed by atoms with Gasteiger partial charge in [-0.05, 0) is 64.7 Å². The van der Waals surface area contributed by atoms with Crippen molar-refractivity contribution in [1.29, 1.82) is 0 Å². The number of carbonyl (C=O) groups excluding carboxylic acids is 2. The van der Waals surface area contributed by atoms with Gasteiger partial charge in [-0.1, -0.05) is 42.5 Å². The maximum Gasteiger partial charge on any atom is 0.407 e. The monoisotopic (exact) mass is 469 g/mol. The molecule has 2 atom stereocenters. The molecule has 7 heteroatoms. The molecule has 1 aliphatic carbocycles. The van der Waals surface area contributed by atoms with Gasteiger partial charge in [0.15, 0.2) is 0 Å². The van der Waals surface area contributed by atoms with Gasteiger partial charge in [0, 0.05) is 35.9 Å². The number of pyridine rings is 1. The molecule has 1 fully saturated rings. The number of nitrogens with zero attached hydrogens (tertiary/aromatic N) is 1. The molecule has 0 radical (unpaired) electrons. The van der Waals surface area contributed by atoms with Gasteiger partial charge in [-0.3, -0.25) is 9.78 Å². The standard InChI is InChI=1S/C28H24FN3O3/c29-23-3-1-2-19(12-23)15-31-28(34)35-17-18-4-6-20(7-5-18)25-14-26(25)27(33)32-24-9-8-22-16-30-11-10-21(22)13-24/h1-13,16,25-26H,14-15,17H2,(H,31,34)(H,32,33)/t25?,26-/m1/s1. The van der Waals surface area contributed by atoms with Gasteiger partial charge < -0.3 is 15.4 Å². The topological polar surface area (TPSA) is 80.3 Å². The summed E-state index contributed by atoms with van der Waals surface area (Å²) in [5.74, 6) is -0.201. The lowest BCUT2D eigenvalue weighted by atomic mass is 10.1. The minimum Gasteiger partial charge on any atom is -0.445 e. The first-order chi connectivity index (χ1) is 17.0. The predicted octanol–water partition coefficient (Wildman–Crippen LogP) is 5.54. The smallest absolute Gasteiger partial charge is 0.407 e. The molecular weight excluding hydrogens is 445 g/mol. The highest BCUT2D eigenvalue weighted by Gasteiger charge is 2.43. The highest BCUT2D eigenvalue weighted by Crippen LogP contribution is 2.48. The minimum atomic E-state index is -0.567. The number of alkyl carbamates (subject to hydrolysis) is 1. The molecule has 0 aliphatic heterocycles. The van der Waals surface area contributed by atoms with E-state index in [1.54, 1.807) is 24.5 Å². The first-order valence-electron chi connectivity index (χ1n) is 11.4. The largest absolute Gasteiger partial charge is 0.445 e. The van der Waals surface area contributed by atoms with Crippen LogP contribution in [-0.4, -0.2) is 17.0 Å². The van der Waals surface area contributed by atoms with Gasteiger partial charge in [0.25, 0.3) is 0 Å². The van der Waals surface area contributed by atoms with Crippen LogP contribution in [0.5, 0.6) is 0 Å². The molecule has 0 spiro atoms. The van der Waals surface area contributed by atoms with Gasteiger partial charge >= 0.3 is 6.09 Å². The van der Waals surface area contributed by atoms with Gasteiger partial charge in [0.05, 0.1) is 0 Å².